The smallest absolute Gasteiger partial charge is 0.315 e. The molecule has 1 fully saturated rings. The molecule has 15 heavy (non-hydrogen) atoms. The summed E-state index contributed by atoms with van der Waals surface area (Å²) in [4.78, 5) is 22.6. The number of aliphatic carboxylic acids is 1. The summed E-state index contributed by atoms with van der Waals surface area (Å²) in [7, 11) is 0. The van der Waals surface area contributed by atoms with Gasteiger partial charge in [0.1, 0.15) is 0 Å². The molecule has 86 valence electrons. The van der Waals surface area contributed by atoms with Gasteiger partial charge in [-0.3, -0.25) is 9.59 Å². The molecule has 1 rings (SSSR count). The number of carboxylic acid groups (broad SMARTS) is 1. The van der Waals surface area contributed by atoms with E-state index < -0.39 is 24.3 Å². The fraction of sp³-hybridized carbons (Fsp3) is 0.778. The highest BCUT2D eigenvalue weighted by molar-refractivity contribution is 5.80. The Labute approximate surface area is 85.9 Å². The van der Waals surface area contributed by atoms with E-state index >= 15 is 0 Å². The van der Waals surface area contributed by atoms with E-state index in [1.165, 1.54) is 0 Å². The van der Waals surface area contributed by atoms with Crippen LogP contribution in [0.3, 0.4) is 0 Å². The molecule has 0 radical (unpaired) electrons. The minimum Gasteiger partial charge on any atom is -0.481 e. The lowest BCUT2D eigenvalue weighted by Gasteiger charge is -2.34. The predicted molar refractivity (Wildman–Crippen MR) is 47.6 cm³/mol. The Bertz CT molecular complexity index is 258. The van der Waals surface area contributed by atoms with Crippen LogP contribution in [0.15, 0.2) is 0 Å². The van der Waals surface area contributed by atoms with Crippen molar-refractivity contribution in [1.82, 2.24) is 4.90 Å². The summed E-state index contributed by atoms with van der Waals surface area (Å²) in [6, 6.07) is -0.572. The Kier molecular flexibility index (Phi) is 3.99. The molecule has 0 bridgehead atoms. The van der Waals surface area contributed by atoms with Gasteiger partial charge in [-0.2, -0.15) is 8.78 Å². The van der Waals surface area contributed by atoms with E-state index in [4.69, 9.17) is 5.11 Å². The highest BCUT2D eigenvalue weighted by atomic mass is 19.3. The van der Waals surface area contributed by atoms with Crippen molar-refractivity contribution in [2.45, 2.75) is 38.2 Å². The third-order valence-electron chi connectivity index (χ3n) is 2.51. The predicted octanol–water partition coefficient (Wildman–Crippen LogP) is 1.11. The van der Waals surface area contributed by atoms with Gasteiger partial charge >= 0.3 is 12.4 Å². The first-order valence-electron chi connectivity index (χ1n) is 4.83. The number of hydrogen-bond donors (Lipinski definition) is 1. The fourth-order valence-corrected chi connectivity index (χ4v) is 1.83. The molecular formula is C9H13F2NO3. The van der Waals surface area contributed by atoms with Crippen molar-refractivity contribution in [2.24, 2.45) is 0 Å². The third kappa shape index (κ3) is 3.14. The molecule has 1 heterocycles. The summed E-state index contributed by atoms with van der Waals surface area (Å²) < 4.78 is 24.4. The number of nitrogens with zero attached hydrogens (tertiary/aromatic N) is 1. The highest BCUT2D eigenvalue weighted by Gasteiger charge is 2.32. The summed E-state index contributed by atoms with van der Waals surface area (Å²) >= 11 is 0. The third-order valence-corrected chi connectivity index (χ3v) is 2.51. The lowest BCUT2D eigenvalue weighted by Crippen LogP contribution is -2.47. The van der Waals surface area contributed by atoms with Crippen LogP contribution in [0.1, 0.15) is 25.7 Å². The van der Waals surface area contributed by atoms with Crippen molar-refractivity contribution in [3.63, 3.8) is 0 Å². The van der Waals surface area contributed by atoms with Crippen molar-refractivity contribution >= 4 is 11.9 Å². The van der Waals surface area contributed by atoms with Gasteiger partial charge in [0.25, 0.3) is 5.91 Å². The van der Waals surface area contributed by atoms with Crippen LogP contribution in [0, 0.1) is 0 Å². The fourth-order valence-electron chi connectivity index (χ4n) is 1.83. The molecular weight excluding hydrogens is 208 g/mol. The van der Waals surface area contributed by atoms with Gasteiger partial charge < -0.3 is 10.0 Å². The number of piperidine rings is 1. The summed E-state index contributed by atoms with van der Waals surface area (Å²) in [5.41, 5.74) is 0. The molecule has 1 aliphatic heterocycles. The number of halogens is 2. The van der Waals surface area contributed by atoms with Crippen LogP contribution < -0.4 is 0 Å². The number of carbonyl (C=O) groups excluding carboxylic acids is 1. The van der Waals surface area contributed by atoms with E-state index in [2.05, 4.69) is 0 Å². The Morgan fingerprint density at radius 3 is 2.60 bits per heavy atom. The average Bonchev–Trinajstić information content (AvgIpc) is 2.16. The Hall–Kier alpha value is -1.20. The molecule has 0 aromatic rings. The molecule has 1 atom stereocenters. The van der Waals surface area contributed by atoms with Crippen molar-refractivity contribution in [2.75, 3.05) is 6.54 Å². The Morgan fingerprint density at radius 2 is 2.07 bits per heavy atom. The van der Waals surface area contributed by atoms with Gasteiger partial charge in [-0.15, -0.1) is 0 Å². The van der Waals surface area contributed by atoms with Gasteiger partial charge in [0.2, 0.25) is 0 Å². The van der Waals surface area contributed by atoms with Crippen LogP contribution >= 0.6 is 0 Å². The second-order valence-electron chi connectivity index (χ2n) is 3.58. The summed E-state index contributed by atoms with van der Waals surface area (Å²) in [5, 5.41) is 8.58. The molecule has 1 N–H and O–H groups in total. The van der Waals surface area contributed by atoms with Gasteiger partial charge in [-0.05, 0) is 19.3 Å². The first-order valence-corrected chi connectivity index (χ1v) is 4.83. The normalized spacial score (nSPS) is 21.8. The zero-order valence-electron chi connectivity index (χ0n) is 8.16. The van der Waals surface area contributed by atoms with Crippen LogP contribution in [-0.4, -0.2) is 40.9 Å². The molecule has 1 amide bonds. The molecule has 0 aliphatic carbocycles. The topological polar surface area (TPSA) is 57.6 Å². The molecule has 1 aliphatic rings. The molecule has 4 nitrogen and oxygen atoms in total. The van der Waals surface area contributed by atoms with Crippen LogP contribution in [0.5, 0.6) is 0 Å². The highest BCUT2D eigenvalue weighted by Crippen LogP contribution is 2.21. The number of rotatable bonds is 3. The van der Waals surface area contributed by atoms with E-state index in [0.717, 1.165) is 11.3 Å². The Morgan fingerprint density at radius 1 is 1.40 bits per heavy atom. The number of likely N-dealkylation sites (tertiary alicyclic amines) is 1. The van der Waals surface area contributed by atoms with E-state index in [1.807, 2.05) is 0 Å². The zero-order chi connectivity index (χ0) is 11.4. The van der Waals surface area contributed by atoms with Crippen molar-refractivity contribution < 1.29 is 23.5 Å². The van der Waals surface area contributed by atoms with E-state index in [1.54, 1.807) is 0 Å². The van der Waals surface area contributed by atoms with Crippen molar-refractivity contribution in [1.29, 1.82) is 0 Å². The molecule has 1 unspecified atom stereocenters. The van der Waals surface area contributed by atoms with Crippen molar-refractivity contribution in [3.05, 3.63) is 0 Å². The first-order chi connectivity index (χ1) is 7.02. The lowest BCUT2D eigenvalue weighted by molar-refractivity contribution is -0.149. The van der Waals surface area contributed by atoms with Crippen LogP contribution in [0.25, 0.3) is 0 Å². The van der Waals surface area contributed by atoms with Crippen LogP contribution in [-0.2, 0) is 9.59 Å². The lowest BCUT2D eigenvalue weighted by atomic mass is 9.99. The molecule has 0 saturated carbocycles. The van der Waals surface area contributed by atoms with Crippen LogP contribution in [0.2, 0.25) is 0 Å². The van der Waals surface area contributed by atoms with E-state index in [9.17, 15) is 18.4 Å². The van der Waals surface area contributed by atoms with Gasteiger partial charge in [0.05, 0.1) is 6.42 Å². The first kappa shape index (κ1) is 11.9. The van der Waals surface area contributed by atoms with Crippen LogP contribution in [0.4, 0.5) is 8.78 Å². The van der Waals surface area contributed by atoms with E-state index in [-0.39, 0.29) is 13.0 Å². The minimum absolute atomic E-state index is 0.237. The molecule has 0 aromatic carbocycles. The second kappa shape index (κ2) is 5.04. The van der Waals surface area contributed by atoms with Gasteiger partial charge in [0, 0.05) is 12.6 Å². The number of amides is 1. The maximum absolute atomic E-state index is 12.2. The summed E-state index contributed by atoms with van der Waals surface area (Å²) in [6.45, 7) is 0.237. The molecule has 0 spiro atoms. The van der Waals surface area contributed by atoms with E-state index in [0.29, 0.717) is 12.8 Å². The van der Waals surface area contributed by atoms with Gasteiger partial charge in [0.15, 0.2) is 0 Å². The van der Waals surface area contributed by atoms with Gasteiger partial charge in [-0.25, -0.2) is 0 Å². The number of hydrogen-bond acceptors (Lipinski definition) is 2. The second-order valence-corrected chi connectivity index (χ2v) is 3.58. The zero-order valence-corrected chi connectivity index (χ0v) is 8.16. The molecule has 0 aromatic heterocycles. The molecule has 6 heteroatoms. The standard InChI is InChI=1S/C9H13F2NO3/c10-8(11)9(15)12-4-2-1-3-6(12)5-7(13)14/h6,8H,1-5H2,(H,13,14). The largest absolute Gasteiger partial charge is 0.481 e. The maximum Gasteiger partial charge on any atom is 0.315 e. The summed E-state index contributed by atoms with van der Waals surface area (Å²) in [5.74, 6) is -2.31. The number of alkyl halides is 2. The number of carbonyl (C=O) groups is 2. The Balaban J connectivity index is 2.65. The molecule has 1 saturated heterocycles. The average molecular weight is 221 g/mol. The monoisotopic (exact) mass is 221 g/mol. The SMILES string of the molecule is O=C(O)CC1CCCCN1C(=O)C(F)F. The minimum atomic E-state index is -3.04. The summed E-state index contributed by atoms with van der Waals surface area (Å²) in [6.07, 6.45) is -1.36. The van der Waals surface area contributed by atoms with Crippen molar-refractivity contribution in [3.8, 4) is 0 Å². The van der Waals surface area contributed by atoms with Gasteiger partial charge in [-0.1, -0.05) is 0 Å². The maximum atomic E-state index is 12.2. The number of carboxylic acids is 1. The quantitative estimate of drug-likeness (QED) is 0.776.